The van der Waals surface area contributed by atoms with Crippen molar-refractivity contribution in [2.24, 2.45) is 11.3 Å². The highest BCUT2D eigenvalue weighted by atomic mass is 16.5. The van der Waals surface area contributed by atoms with Crippen molar-refractivity contribution < 1.29 is 4.74 Å². The summed E-state index contributed by atoms with van der Waals surface area (Å²) in [5, 5.41) is 3.60. The maximum atomic E-state index is 5.78. The number of nitrogens with one attached hydrogen (secondary N) is 1. The second-order valence-corrected chi connectivity index (χ2v) is 7.48. The summed E-state index contributed by atoms with van der Waals surface area (Å²) >= 11 is 0. The van der Waals surface area contributed by atoms with E-state index in [1.165, 1.54) is 6.42 Å². The van der Waals surface area contributed by atoms with Gasteiger partial charge in [0, 0.05) is 38.3 Å². The first kappa shape index (κ1) is 16.9. The Labute approximate surface area is 120 Å². The van der Waals surface area contributed by atoms with E-state index in [-0.39, 0.29) is 0 Å². The normalized spacial score (nSPS) is 26.1. The molecule has 3 heteroatoms. The van der Waals surface area contributed by atoms with E-state index in [4.69, 9.17) is 4.74 Å². The maximum absolute atomic E-state index is 5.78. The third-order valence-electron chi connectivity index (χ3n) is 3.97. The largest absolute Gasteiger partial charge is 0.380 e. The van der Waals surface area contributed by atoms with Crippen LogP contribution >= 0.6 is 0 Å². The molecule has 1 aliphatic heterocycles. The second-order valence-electron chi connectivity index (χ2n) is 7.48. The van der Waals surface area contributed by atoms with Gasteiger partial charge in [-0.3, -0.25) is 4.90 Å². The lowest BCUT2D eigenvalue weighted by Gasteiger charge is -2.45. The summed E-state index contributed by atoms with van der Waals surface area (Å²) < 4.78 is 5.78. The van der Waals surface area contributed by atoms with E-state index in [0.29, 0.717) is 17.5 Å². The molecule has 0 aliphatic carbocycles. The first-order valence-corrected chi connectivity index (χ1v) is 7.86. The molecule has 0 saturated carbocycles. The van der Waals surface area contributed by atoms with Crippen LogP contribution in [-0.4, -0.2) is 49.8 Å². The number of hydrogen-bond acceptors (Lipinski definition) is 3. The third kappa shape index (κ3) is 6.24. The fraction of sp³-hybridized carbons (Fsp3) is 1.00. The minimum atomic E-state index is 0.324. The molecule has 0 spiro atoms. The predicted octanol–water partition coefficient (Wildman–Crippen LogP) is 2.76. The van der Waals surface area contributed by atoms with Gasteiger partial charge in [0.2, 0.25) is 0 Å². The molecule has 1 heterocycles. The zero-order chi connectivity index (χ0) is 14.5. The predicted molar refractivity (Wildman–Crippen MR) is 82.6 cm³/mol. The molecule has 1 fully saturated rings. The van der Waals surface area contributed by atoms with E-state index >= 15 is 0 Å². The van der Waals surface area contributed by atoms with Crippen LogP contribution in [0.15, 0.2) is 0 Å². The zero-order valence-electron chi connectivity index (χ0n) is 13.8. The molecule has 0 amide bonds. The summed E-state index contributed by atoms with van der Waals surface area (Å²) in [6, 6.07) is 1.20. The average Bonchev–Trinajstić information content (AvgIpc) is 2.26. The third-order valence-corrected chi connectivity index (χ3v) is 3.97. The fourth-order valence-corrected chi connectivity index (χ4v) is 2.69. The Kier molecular flexibility index (Phi) is 6.78. The minimum absolute atomic E-state index is 0.324. The van der Waals surface area contributed by atoms with Gasteiger partial charge in [-0.2, -0.15) is 0 Å². The number of nitrogens with zero attached hydrogens (tertiary/aromatic N) is 1. The van der Waals surface area contributed by atoms with E-state index < -0.39 is 0 Å². The van der Waals surface area contributed by atoms with Crippen molar-refractivity contribution in [2.45, 2.75) is 60.0 Å². The molecule has 0 aromatic rings. The number of piperazine rings is 1. The van der Waals surface area contributed by atoms with Crippen LogP contribution in [-0.2, 0) is 4.74 Å². The van der Waals surface area contributed by atoms with Crippen LogP contribution in [0.1, 0.15) is 48.0 Å². The van der Waals surface area contributed by atoms with Crippen molar-refractivity contribution in [3.63, 3.8) is 0 Å². The highest BCUT2D eigenvalue weighted by Gasteiger charge is 2.33. The molecule has 19 heavy (non-hydrogen) atoms. The summed E-state index contributed by atoms with van der Waals surface area (Å²) in [7, 11) is 0. The van der Waals surface area contributed by atoms with Crippen LogP contribution in [0.5, 0.6) is 0 Å². The first-order valence-electron chi connectivity index (χ1n) is 7.86. The highest BCUT2D eigenvalue weighted by Crippen LogP contribution is 2.26. The van der Waals surface area contributed by atoms with Gasteiger partial charge in [0.05, 0.1) is 6.61 Å². The average molecular weight is 270 g/mol. The van der Waals surface area contributed by atoms with Crippen molar-refractivity contribution in [1.29, 1.82) is 0 Å². The number of rotatable bonds is 6. The van der Waals surface area contributed by atoms with Gasteiger partial charge in [-0.05, 0) is 24.7 Å². The van der Waals surface area contributed by atoms with Crippen molar-refractivity contribution in [1.82, 2.24) is 10.2 Å². The van der Waals surface area contributed by atoms with Gasteiger partial charge in [-0.15, -0.1) is 0 Å². The lowest BCUT2D eigenvalue weighted by Crippen LogP contribution is -2.60. The van der Waals surface area contributed by atoms with Crippen molar-refractivity contribution in [3.8, 4) is 0 Å². The molecule has 0 aromatic heterocycles. The standard InChI is InChI=1S/C16H34N2O/c1-13(2)7-9-19-10-8-18-12-14(3)17-11-15(18)16(4,5)6/h13-15,17H,7-12H2,1-6H3. The molecular formula is C16H34N2O. The van der Waals surface area contributed by atoms with E-state index in [1.54, 1.807) is 0 Å². The minimum Gasteiger partial charge on any atom is -0.380 e. The van der Waals surface area contributed by atoms with Gasteiger partial charge in [0.1, 0.15) is 0 Å². The monoisotopic (exact) mass is 270 g/mol. The van der Waals surface area contributed by atoms with Crippen LogP contribution in [0, 0.1) is 11.3 Å². The molecule has 2 unspecified atom stereocenters. The Morgan fingerprint density at radius 1 is 1.26 bits per heavy atom. The van der Waals surface area contributed by atoms with Gasteiger partial charge >= 0.3 is 0 Å². The van der Waals surface area contributed by atoms with E-state index in [0.717, 1.165) is 38.8 Å². The quantitative estimate of drug-likeness (QED) is 0.751. The first-order chi connectivity index (χ1) is 8.80. The molecule has 1 rings (SSSR count). The number of ether oxygens (including phenoxy) is 1. The molecule has 1 saturated heterocycles. The molecule has 3 nitrogen and oxygen atoms in total. The summed E-state index contributed by atoms with van der Waals surface area (Å²) in [6.07, 6.45) is 1.17. The Hall–Kier alpha value is -0.120. The topological polar surface area (TPSA) is 24.5 Å². The highest BCUT2D eigenvalue weighted by molar-refractivity contribution is 4.91. The molecule has 1 N–H and O–H groups in total. The lowest BCUT2D eigenvalue weighted by atomic mass is 9.84. The molecule has 2 atom stereocenters. The molecule has 0 bridgehead atoms. The van der Waals surface area contributed by atoms with Crippen molar-refractivity contribution in [3.05, 3.63) is 0 Å². The van der Waals surface area contributed by atoms with Gasteiger partial charge in [0.15, 0.2) is 0 Å². The van der Waals surface area contributed by atoms with Crippen LogP contribution in [0.2, 0.25) is 0 Å². The van der Waals surface area contributed by atoms with Crippen LogP contribution < -0.4 is 5.32 Å². The Morgan fingerprint density at radius 3 is 2.53 bits per heavy atom. The van der Waals surface area contributed by atoms with Crippen LogP contribution in [0.3, 0.4) is 0 Å². The summed E-state index contributed by atoms with van der Waals surface area (Å²) in [4.78, 5) is 2.61. The summed E-state index contributed by atoms with van der Waals surface area (Å²) in [5.41, 5.74) is 0.324. The van der Waals surface area contributed by atoms with Crippen LogP contribution in [0.4, 0.5) is 0 Å². The smallest absolute Gasteiger partial charge is 0.0593 e. The van der Waals surface area contributed by atoms with Crippen molar-refractivity contribution >= 4 is 0 Å². The molecule has 0 aromatic carbocycles. The van der Waals surface area contributed by atoms with E-state index in [9.17, 15) is 0 Å². The summed E-state index contributed by atoms with van der Waals surface area (Å²) in [6.45, 7) is 18.8. The molecular weight excluding hydrogens is 236 g/mol. The molecule has 0 radical (unpaired) electrons. The van der Waals surface area contributed by atoms with Gasteiger partial charge in [-0.1, -0.05) is 34.6 Å². The Balaban J connectivity index is 2.34. The Bertz CT molecular complexity index is 248. The van der Waals surface area contributed by atoms with Gasteiger partial charge in [-0.25, -0.2) is 0 Å². The van der Waals surface area contributed by atoms with Gasteiger partial charge < -0.3 is 10.1 Å². The summed E-state index contributed by atoms with van der Waals surface area (Å²) in [5.74, 6) is 0.738. The maximum Gasteiger partial charge on any atom is 0.0593 e. The fourth-order valence-electron chi connectivity index (χ4n) is 2.69. The molecule has 1 aliphatic rings. The Morgan fingerprint density at radius 2 is 1.95 bits per heavy atom. The second kappa shape index (κ2) is 7.61. The van der Waals surface area contributed by atoms with Crippen LogP contribution in [0.25, 0.3) is 0 Å². The zero-order valence-corrected chi connectivity index (χ0v) is 13.8. The lowest BCUT2D eigenvalue weighted by molar-refractivity contribution is 0.0254. The van der Waals surface area contributed by atoms with E-state index in [2.05, 4.69) is 51.8 Å². The number of hydrogen-bond donors (Lipinski definition) is 1. The van der Waals surface area contributed by atoms with Crippen molar-refractivity contribution in [2.75, 3.05) is 32.8 Å². The van der Waals surface area contributed by atoms with Gasteiger partial charge in [0.25, 0.3) is 0 Å². The molecule has 114 valence electrons. The van der Waals surface area contributed by atoms with E-state index in [1.807, 2.05) is 0 Å². The SMILES string of the molecule is CC(C)CCOCCN1CC(C)NCC1C(C)(C)C.